The number of halogens is 2. The lowest BCUT2D eigenvalue weighted by molar-refractivity contribution is -0.125. The van der Waals surface area contributed by atoms with Gasteiger partial charge in [0.2, 0.25) is 10.8 Å². The van der Waals surface area contributed by atoms with Crippen molar-refractivity contribution >= 4 is 36.3 Å². The Morgan fingerprint density at radius 1 is 1.28 bits per heavy atom. The molecule has 0 aliphatic carbocycles. The lowest BCUT2D eigenvalue weighted by Gasteiger charge is -2.13. The SMILES string of the molecule is CC(=O)C(C(=O)C(=S)OB(F)F)c1ccccc1. The van der Waals surface area contributed by atoms with E-state index in [0.29, 0.717) is 5.56 Å². The summed E-state index contributed by atoms with van der Waals surface area (Å²) in [5, 5.41) is -0.881. The van der Waals surface area contributed by atoms with E-state index in [1.807, 2.05) is 0 Å². The molecule has 0 fully saturated rings. The third-order valence-corrected chi connectivity index (χ3v) is 2.50. The third-order valence-electron chi connectivity index (χ3n) is 2.20. The second kappa shape index (κ2) is 6.35. The van der Waals surface area contributed by atoms with Crippen molar-refractivity contribution in [1.82, 2.24) is 0 Å². The van der Waals surface area contributed by atoms with Crippen molar-refractivity contribution < 1.29 is 22.9 Å². The molecule has 94 valence electrons. The van der Waals surface area contributed by atoms with Crippen molar-refractivity contribution in [1.29, 1.82) is 0 Å². The Morgan fingerprint density at radius 3 is 2.28 bits per heavy atom. The molecule has 0 aromatic heterocycles. The quantitative estimate of drug-likeness (QED) is 0.467. The smallest absolute Gasteiger partial charge is 0.494 e. The van der Waals surface area contributed by atoms with Gasteiger partial charge in [-0.1, -0.05) is 30.3 Å². The number of carbonyl (C=O) groups excluding carboxylic acids is 2. The number of rotatable bonds is 5. The summed E-state index contributed by atoms with van der Waals surface area (Å²) in [5.41, 5.74) is 0.398. The van der Waals surface area contributed by atoms with E-state index >= 15 is 0 Å². The number of Topliss-reactive ketones (excluding diaryl/α,β-unsaturated/α-hetero) is 2. The van der Waals surface area contributed by atoms with Crippen LogP contribution in [0.3, 0.4) is 0 Å². The van der Waals surface area contributed by atoms with Crippen LogP contribution in [0.25, 0.3) is 0 Å². The van der Waals surface area contributed by atoms with Gasteiger partial charge in [0.05, 0.1) is 0 Å². The summed E-state index contributed by atoms with van der Waals surface area (Å²) in [6.45, 7) is 1.19. The number of benzene rings is 1. The fraction of sp³-hybridized carbons (Fsp3) is 0.182. The fourth-order valence-corrected chi connectivity index (χ4v) is 1.66. The molecule has 18 heavy (non-hydrogen) atoms. The fourth-order valence-electron chi connectivity index (χ4n) is 1.47. The molecule has 0 bridgehead atoms. The van der Waals surface area contributed by atoms with Gasteiger partial charge in [-0.2, -0.15) is 0 Å². The van der Waals surface area contributed by atoms with Crippen molar-refractivity contribution in [3.8, 4) is 0 Å². The van der Waals surface area contributed by atoms with Gasteiger partial charge in [-0.05, 0) is 24.7 Å². The van der Waals surface area contributed by atoms with Crippen LogP contribution in [-0.4, -0.2) is 24.1 Å². The van der Waals surface area contributed by atoms with Gasteiger partial charge in [0.1, 0.15) is 11.7 Å². The van der Waals surface area contributed by atoms with E-state index in [1.54, 1.807) is 30.3 Å². The topological polar surface area (TPSA) is 43.4 Å². The predicted molar refractivity (Wildman–Crippen MR) is 66.5 cm³/mol. The highest BCUT2D eigenvalue weighted by atomic mass is 32.1. The molecule has 0 saturated carbocycles. The maximum atomic E-state index is 12.0. The zero-order valence-electron chi connectivity index (χ0n) is 9.43. The van der Waals surface area contributed by atoms with E-state index in [1.165, 1.54) is 6.92 Å². The lowest BCUT2D eigenvalue weighted by atomic mass is 9.91. The largest absolute Gasteiger partial charge is 0.797 e. The molecule has 0 aliphatic rings. The van der Waals surface area contributed by atoms with E-state index < -0.39 is 30.0 Å². The summed E-state index contributed by atoms with van der Waals surface area (Å²) >= 11 is 4.44. The minimum absolute atomic E-state index is 0.398. The molecule has 1 aromatic carbocycles. The molecule has 1 rings (SSSR count). The van der Waals surface area contributed by atoms with E-state index in [0.717, 1.165) is 0 Å². The molecule has 3 nitrogen and oxygen atoms in total. The average Bonchev–Trinajstić information content (AvgIpc) is 2.29. The van der Waals surface area contributed by atoms with Crippen molar-refractivity contribution in [3.63, 3.8) is 0 Å². The Labute approximate surface area is 108 Å². The number of ketones is 2. The van der Waals surface area contributed by atoms with Gasteiger partial charge in [-0.15, -0.1) is 0 Å². The van der Waals surface area contributed by atoms with Gasteiger partial charge in [-0.25, -0.2) is 8.63 Å². The van der Waals surface area contributed by atoms with Crippen molar-refractivity contribution in [2.45, 2.75) is 12.8 Å². The van der Waals surface area contributed by atoms with E-state index in [4.69, 9.17) is 0 Å². The minimum Gasteiger partial charge on any atom is -0.494 e. The van der Waals surface area contributed by atoms with E-state index in [-0.39, 0.29) is 0 Å². The average molecular weight is 270 g/mol. The van der Waals surface area contributed by atoms with Crippen LogP contribution in [0.1, 0.15) is 18.4 Å². The van der Waals surface area contributed by atoms with Gasteiger partial charge in [0.15, 0.2) is 0 Å². The number of thiocarbonyl (C=S) groups is 1. The molecule has 0 heterocycles. The lowest BCUT2D eigenvalue weighted by Crippen LogP contribution is -2.29. The summed E-state index contributed by atoms with van der Waals surface area (Å²) in [7, 11) is -3.18. The first-order chi connectivity index (χ1) is 8.43. The molecule has 0 saturated heterocycles. The van der Waals surface area contributed by atoms with Crippen LogP contribution in [0.15, 0.2) is 30.3 Å². The van der Waals surface area contributed by atoms with Gasteiger partial charge < -0.3 is 4.65 Å². The van der Waals surface area contributed by atoms with Crippen LogP contribution in [0, 0.1) is 0 Å². The first-order valence-corrected chi connectivity index (χ1v) is 5.42. The van der Waals surface area contributed by atoms with Gasteiger partial charge in [0, 0.05) is 0 Å². The first kappa shape index (κ1) is 14.4. The number of hydrogen-bond donors (Lipinski definition) is 0. The Hall–Kier alpha value is -1.63. The molecule has 1 atom stereocenters. The van der Waals surface area contributed by atoms with Crippen LogP contribution in [-0.2, 0) is 14.2 Å². The normalized spacial score (nSPS) is 11.5. The molecule has 7 heteroatoms. The molecule has 0 N–H and O–H groups in total. The van der Waals surface area contributed by atoms with Crippen LogP contribution < -0.4 is 0 Å². The Kier molecular flexibility index (Phi) is 5.09. The Morgan fingerprint density at radius 2 is 1.83 bits per heavy atom. The van der Waals surface area contributed by atoms with Crippen molar-refractivity contribution in [2.75, 3.05) is 0 Å². The summed E-state index contributed by atoms with van der Waals surface area (Å²) in [4.78, 5) is 23.3. The van der Waals surface area contributed by atoms with Gasteiger partial charge in [0.25, 0.3) is 0 Å². The summed E-state index contributed by atoms with van der Waals surface area (Å²) < 4.78 is 27.8. The molecule has 0 radical (unpaired) electrons. The second-order valence-corrected chi connectivity index (χ2v) is 3.86. The molecule has 1 aromatic rings. The molecular formula is C11H9BF2O3S. The van der Waals surface area contributed by atoms with Crippen LogP contribution >= 0.6 is 12.2 Å². The highest BCUT2D eigenvalue weighted by Gasteiger charge is 2.32. The summed E-state index contributed by atoms with van der Waals surface area (Å²) in [6, 6.07) is 8.08. The molecular weight excluding hydrogens is 261 g/mol. The van der Waals surface area contributed by atoms with Gasteiger partial charge >= 0.3 is 7.47 Å². The monoisotopic (exact) mass is 270 g/mol. The summed E-state index contributed by atoms with van der Waals surface area (Å²) in [6.07, 6.45) is 0. The zero-order valence-corrected chi connectivity index (χ0v) is 10.2. The van der Waals surface area contributed by atoms with Crippen LogP contribution in [0.5, 0.6) is 0 Å². The number of carbonyl (C=O) groups is 2. The minimum atomic E-state index is -3.18. The van der Waals surface area contributed by atoms with Crippen LogP contribution in [0.4, 0.5) is 8.63 Å². The Bertz CT molecular complexity index is 465. The van der Waals surface area contributed by atoms with Crippen LogP contribution in [0.2, 0.25) is 0 Å². The first-order valence-electron chi connectivity index (χ1n) is 5.02. The molecule has 0 aliphatic heterocycles. The van der Waals surface area contributed by atoms with E-state index in [2.05, 4.69) is 16.9 Å². The summed E-state index contributed by atoms with van der Waals surface area (Å²) in [5.74, 6) is -2.60. The molecule has 0 amide bonds. The predicted octanol–water partition coefficient (Wildman–Crippen LogP) is 2.20. The highest BCUT2D eigenvalue weighted by molar-refractivity contribution is 7.81. The maximum absolute atomic E-state index is 12.0. The third kappa shape index (κ3) is 3.70. The molecule has 0 spiro atoms. The Balaban J connectivity index is 2.97. The van der Waals surface area contributed by atoms with Gasteiger partial charge in [-0.3, -0.25) is 9.59 Å². The maximum Gasteiger partial charge on any atom is 0.797 e. The van der Waals surface area contributed by atoms with Crippen molar-refractivity contribution in [2.24, 2.45) is 0 Å². The second-order valence-electron chi connectivity index (χ2n) is 3.48. The zero-order chi connectivity index (χ0) is 13.7. The van der Waals surface area contributed by atoms with E-state index in [9.17, 15) is 18.2 Å². The van der Waals surface area contributed by atoms with Crippen molar-refractivity contribution in [3.05, 3.63) is 35.9 Å². The standard InChI is InChI=1S/C11H9BF2O3S/c1-7(15)9(8-5-3-2-4-6-8)10(16)11(18)17-12(13)14/h2-6,9H,1H3. The highest BCUT2D eigenvalue weighted by Crippen LogP contribution is 2.19. The number of hydrogen-bond acceptors (Lipinski definition) is 4. The molecule has 1 unspecified atom stereocenters.